The lowest BCUT2D eigenvalue weighted by molar-refractivity contribution is 0.239. The molecule has 0 saturated carbocycles. The second kappa shape index (κ2) is 4.13. The van der Waals surface area contributed by atoms with Gasteiger partial charge in [-0.05, 0) is 11.4 Å². The molecule has 1 heterocycles. The zero-order valence-electron chi connectivity index (χ0n) is 5.86. The van der Waals surface area contributed by atoms with Crippen LogP contribution in [0.3, 0.4) is 0 Å². The van der Waals surface area contributed by atoms with Gasteiger partial charge in [-0.1, -0.05) is 0 Å². The van der Waals surface area contributed by atoms with Crippen LogP contribution in [0, 0.1) is 11.3 Å². The minimum atomic E-state index is -2.83. The molecule has 6 heteroatoms. The van der Waals surface area contributed by atoms with Crippen molar-refractivity contribution in [2.75, 3.05) is 19.0 Å². The molecule has 1 saturated heterocycles. The fraction of sp³-hybridized carbons (Fsp3) is 0.800. The van der Waals surface area contributed by atoms with E-state index in [1.54, 1.807) is 0 Å². The zero-order chi connectivity index (χ0) is 8.16. The Balaban J connectivity index is 2.25. The quantitative estimate of drug-likeness (QED) is 0.505. The van der Waals surface area contributed by atoms with Crippen molar-refractivity contribution < 1.29 is 13.6 Å². The average molecular weight is 193 g/mol. The van der Waals surface area contributed by atoms with E-state index in [-0.39, 0.29) is 13.0 Å². The Hall–Kier alpha value is -0.0100. The van der Waals surface area contributed by atoms with Gasteiger partial charge in [-0.25, -0.2) is 4.57 Å². The zero-order valence-corrected chi connectivity index (χ0v) is 7.57. The fourth-order valence-corrected chi connectivity index (χ4v) is 3.76. The Morgan fingerprint density at radius 2 is 2.64 bits per heavy atom. The van der Waals surface area contributed by atoms with Crippen LogP contribution < -0.4 is 0 Å². The molecule has 1 aliphatic heterocycles. The summed E-state index contributed by atoms with van der Waals surface area (Å²) in [6.45, 7) is -2.16. The van der Waals surface area contributed by atoms with Gasteiger partial charge >= 0.3 is 6.80 Å². The summed E-state index contributed by atoms with van der Waals surface area (Å²) in [7, 11) is 0. The van der Waals surface area contributed by atoms with Crippen molar-refractivity contribution in [2.24, 2.45) is 0 Å². The van der Waals surface area contributed by atoms with Crippen LogP contribution in [-0.4, -0.2) is 19.0 Å². The van der Waals surface area contributed by atoms with Gasteiger partial charge in [-0.2, -0.15) is 5.26 Å². The van der Waals surface area contributed by atoms with E-state index in [4.69, 9.17) is 14.3 Å². The number of nitriles is 1. The molecule has 1 atom stereocenters. The Morgan fingerprint density at radius 3 is 3.18 bits per heavy atom. The van der Waals surface area contributed by atoms with E-state index in [0.29, 0.717) is 12.4 Å². The molecule has 0 aromatic carbocycles. The summed E-state index contributed by atoms with van der Waals surface area (Å²) in [5.74, 6) is 0.712. The lowest BCUT2D eigenvalue weighted by Crippen LogP contribution is -1.89. The number of rotatable bonds is 3. The summed E-state index contributed by atoms with van der Waals surface area (Å²) in [5.41, 5.74) is 0. The largest absolute Gasteiger partial charge is 0.389 e. The average Bonchev–Trinajstić information content (AvgIpc) is 2.38. The molecule has 0 spiro atoms. The Bertz CT molecular complexity index is 204. The third kappa shape index (κ3) is 2.84. The van der Waals surface area contributed by atoms with Gasteiger partial charge in [-0.3, -0.25) is 9.05 Å². The predicted octanol–water partition coefficient (Wildman–Crippen LogP) is 1.79. The molecule has 11 heavy (non-hydrogen) atoms. The molecule has 0 N–H and O–H groups in total. The minimum Gasteiger partial charge on any atom is -0.300 e. The molecule has 0 radical (unpaired) electrons. The van der Waals surface area contributed by atoms with E-state index >= 15 is 0 Å². The molecule has 1 fully saturated rings. The van der Waals surface area contributed by atoms with Crippen molar-refractivity contribution in [3.8, 4) is 6.07 Å². The van der Waals surface area contributed by atoms with E-state index in [0.717, 1.165) is 0 Å². The van der Waals surface area contributed by atoms with Crippen molar-refractivity contribution in [2.45, 2.75) is 6.42 Å². The van der Waals surface area contributed by atoms with Crippen molar-refractivity contribution in [1.82, 2.24) is 0 Å². The molecule has 62 valence electrons. The van der Waals surface area contributed by atoms with Crippen LogP contribution in [0.4, 0.5) is 0 Å². The van der Waals surface area contributed by atoms with Gasteiger partial charge in [0, 0.05) is 5.75 Å². The Kier molecular flexibility index (Phi) is 3.41. The molecule has 4 nitrogen and oxygen atoms in total. The van der Waals surface area contributed by atoms with E-state index in [1.165, 1.54) is 11.4 Å². The van der Waals surface area contributed by atoms with Gasteiger partial charge in [0.15, 0.2) is 0 Å². The molecular formula is C5H8NO3PS. The van der Waals surface area contributed by atoms with Crippen molar-refractivity contribution in [1.29, 1.82) is 5.26 Å². The van der Waals surface area contributed by atoms with Crippen LogP contribution in [0.1, 0.15) is 6.42 Å². The van der Waals surface area contributed by atoms with Gasteiger partial charge in [-0.15, -0.1) is 0 Å². The van der Waals surface area contributed by atoms with Crippen molar-refractivity contribution in [3.63, 3.8) is 0 Å². The van der Waals surface area contributed by atoms with Crippen LogP contribution in [0.15, 0.2) is 0 Å². The summed E-state index contributed by atoms with van der Waals surface area (Å²) >= 11 is 1.20. The summed E-state index contributed by atoms with van der Waals surface area (Å²) in [6, 6.07) is 1.90. The molecule has 0 aromatic rings. The lowest BCUT2D eigenvalue weighted by Gasteiger charge is -2.07. The van der Waals surface area contributed by atoms with Crippen molar-refractivity contribution >= 4 is 18.2 Å². The highest BCUT2D eigenvalue weighted by Crippen LogP contribution is 2.64. The lowest BCUT2D eigenvalue weighted by atomic mass is 10.5. The van der Waals surface area contributed by atoms with Gasteiger partial charge < -0.3 is 0 Å². The predicted molar refractivity (Wildman–Crippen MR) is 42.2 cm³/mol. The SMILES string of the molecule is N#CCCOP1(=O)OCCS1. The van der Waals surface area contributed by atoms with Crippen LogP contribution in [0.25, 0.3) is 0 Å². The summed E-state index contributed by atoms with van der Waals surface area (Å²) in [6.07, 6.45) is 0.258. The van der Waals surface area contributed by atoms with E-state index in [2.05, 4.69) is 0 Å². The molecule has 0 amide bonds. The minimum absolute atomic E-state index is 0.195. The highest BCUT2D eigenvalue weighted by Gasteiger charge is 2.30. The molecule has 0 bridgehead atoms. The smallest absolute Gasteiger partial charge is 0.300 e. The highest BCUT2D eigenvalue weighted by molar-refractivity contribution is 8.55. The molecule has 1 rings (SSSR count). The molecule has 0 aliphatic carbocycles. The second-order valence-electron chi connectivity index (χ2n) is 1.85. The highest BCUT2D eigenvalue weighted by atomic mass is 32.7. The molecular weight excluding hydrogens is 185 g/mol. The first kappa shape index (κ1) is 9.08. The van der Waals surface area contributed by atoms with Gasteiger partial charge in [0.1, 0.15) is 0 Å². The second-order valence-corrected chi connectivity index (χ2v) is 6.05. The Labute approximate surface area is 69.1 Å². The molecule has 0 aromatic heterocycles. The first-order valence-corrected chi connectivity index (χ1v) is 6.31. The van der Waals surface area contributed by atoms with Crippen LogP contribution in [0.2, 0.25) is 0 Å². The van der Waals surface area contributed by atoms with Crippen molar-refractivity contribution in [3.05, 3.63) is 0 Å². The van der Waals surface area contributed by atoms with Crippen LogP contribution in [0.5, 0.6) is 0 Å². The number of nitrogens with zero attached hydrogens (tertiary/aromatic N) is 1. The first-order valence-electron chi connectivity index (χ1n) is 3.17. The van der Waals surface area contributed by atoms with Gasteiger partial charge in [0.2, 0.25) is 0 Å². The molecule has 1 aliphatic rings. The van der Waals surface area contributed by atoms with Crippen LogP contribution >= 0.6 is 18.2 Å². The molecule has 1 unspecified atom stereocenters. The first-order chi connectivity index (χ1) is 5.27. The fourth-order valence-electron chi connectivity index (χ4n) is 0.613. The van der Waals surface area contributed by atoms with E-state index in [1.807, 2.05) is 6.07 Å². The van der Waals surface area contributed by atoms with Crippen LogP contribution in [-0.2, 0) is 13.6 Å². The summed E-state index contributed by atoms with van der Waals surface area (Å²) < 4.78 is 21.1. The standard InChI is InChI=1S/C5H8NO3PS/c6-2-1-3-8-10(7)9-4-5-11-10/h1,3-5H2. The maximum Gasteiger partial charge on any atom is 0.389 e. The Morgan fingerprint density at radius 1 is 1.82 bits per heavy atom. The van der Waals surface area contributed by atoms with E-state index in [9.17, 15) is 4.57 Å². The topological polar surface area (TPSA) is 59.3 Å². The third-order valence-electron chi connectivity index (χ3n) is 1.05. The maximum absolute atomic E-state index is 11.3. The summed E-state index contributed by atoms with van der Waals surface area (Å²) in [4.78, 5) is 0. The van der Waals surface area contributed by atoms with Gasteiger partial charge in [0.05, 0.1) is 25.7 Å². The third-order valence-corrected chi connectivity index (χ3v) is 4.84. The number of hydrogen-bond acceptors (Lipinski definition) is 5. The summed E-state index contributed by atoms with van der Waals surface area (Å²) in [5, 5.41) is 8.16. The maximum atomic E-state index is 11.3. The normalized spacial score (nSPS) is 30.1. The van der Waals surface area contributed by atoms with E-state index < -0.39 is 6.80 Å². The monoisotopic (exact) mass is 193 g/mol. The number of hydrogen-bond donors (Lipinski definition) is 0. The van der Waals surface area contributed by atoms with Gasteiger partial charge in [0.25, 0.3) is 0 Å².